The van der Waals surface area contributed by atoms with E-state index in [1.807, 2.05) is 6.08 Å². The molecule has 1 aliphatic heterocycles. The Labute approximate surface area is 131 Å². The van der Waals surface area contributed by atoms with Crippen LogP contribution >= 0.6 is 0 Å². The van der Waals surface area contributed by atoms with E-state index >= 15 is 0 Å². The van der Waals surface area contributed by atoms with Crippen LogP contribution in [0, 0.1) is 5.41 Å². The molecule has 0 bridgehead atoms. The monoisotopic (exact) mass is 304 g/mol. The van der Waals surface area contributed by atoms with Crippen molar-refractivity contribution in [3.05, 3.63) is 30.7 Å². The van der Waals surface area contributed by atoms with E-state index in [4.69, 9.17) is 0 Å². The standard InChI is InChI=1S/C16H24N4O2/c1-4-6-16(12-21)7-5-8-20(11-16)14-10-17-9-13(18-14)15(22)19(2)3/h4,9-10,21H,1,5-8,11-12H2,2-3H3/t16-/m1/s1. The zero-order valence-electron chi connectivity index (χ0n) is 13.3. The predicted molar refractivity (Wildman–Crippen MR) is 85.8 cm³/mol. The zero-order valence-corrected chi connectivity index (χ0v) is 13.3. The third-order valence-corrected chi connectivity index (χ3v) is 4.15. The Morgan fingerprint density at radius 2 is 2.32 bits per heavy atom. The molecule has 0 aliphatic carbocycles. The van der Waals surface area contributed by atoms with Crippen molar-refractivity contribution in [3.63, 3.8) is 0 Å². The number of hydrogen-bond donors (Lipinski definition) is 1. The van der Waals surface area contributed by atoms with Crippen LogP contribution in [0.2, 0.25) is 0 Å². The van der Waals surface area contributed by atoms with Crippen LogP contribution in [0.3, 0.4) is 0 Å². The van der Waals surface area contributed by atoms with Crippen LogP contribution in [0.5, 0.6) is 0 Å². The number of carbonyl (C=O) groups is 1. The van der Waals surface area contributed by atoms with Gasteiger partial charge in [-0.2, -0.15) is 0 Å². The molecule has 2 heterocycles. The molecule has 22 heavy (non-hydrogen) atoms. The van der Waals surface area contributed by atoms with Crippen molar-refractivity contribution in [1.82, 2.24) is 14.9 Å². The fourth-order valence-electron chi connectivity index (χ4n) is 2.91. The maximum atomic E-state index is 12.0. The first kappa shape index (κ1) is 16.4. The summed E-state index contributed by atoms with van der Waals surface area (Å²) in [4.78, 5) is 24.2. The van der Waals surface area contributed by atoms with Crippen LogP contribution in [0.1, 0.15) is 29.8 Å². The molecule has 1 aromatic rings. The van der Waals surface area contributed by atoms with Crippen LogP contribution in [-0.4, -0.2) is 59.7 Å². The average molecular weight is 304 g/mol. The third-order valence-electron chi connectivity index (χ3n) is 4.15. The number of allylic oxidation sites excluding steroid dienone is 1. The average Bonchev–Trinajstić information content (AvgIpc) is 2.54. The SMILES string of the molecule is C=CC[C@@]1(CO)CCCN(c2cncc(C(=O)N(C)C)n2)C1. The van der Waals surface area contributed by atoms with Crippen molar-refractivity contribution < 1.29 is 9.90 Å². The molecule has 0 saturated carbocycles. The summed E-state index contributed by atoms with van der Waals surface area (Å²) in [5.41, 5.74) is 0.162. The Balaban J connectivity index is 2.22. The van der Waals surface area contributed by atoms with Crippen molar-refractivity contribution >= 4 is 11.7 Å². The van der Waals surface area contributed by atoms with Gasteiger partial charge in [-0.25, -0.2) is 4.98 Å². The largest absolute Gasteiger partial charge is 0.396 e. The predicted octanol–water partition coefficient (Wildman–Crippen LogP) is 1.33. The fraction of sp³-hybridized carbons (Fsp3) is 0.562. The quantitative estimate of drug-likeness (QED) is 0.831. The minimum atomic E-state index is -0.177. The summed E-state index contributed by atoms with van der Waals surface area (Å²) in [7, 11) is 3.39. The van der Waals surface area contributed by atoms with Crippen LogP contribution < -0.4 is 4.90 Å². The van der Waals surface area contributed by atoms with Gasteiger partial charge in [0.15, 0.2) is 0 Å². The Morgan fingerprint density at radius 3 is 2.95 bits per heavy atom. The van der Waals surface area contributed by atoms with Gasteiger partial charge in [0.25, 0.3) is 5.91 Å². The molecule has 1 fully saturated rings. The second-order valence-electron chi connectivity index (χ2n) is 6.14. The Hall–Kier alpha value is -1.95. The number of amides is 1. The lowest BCUT2D eigenvalue weighted by Crippen LogP contribution is -2.45. The van der Waals surface area contributed by atoms with Crippen LogP contribution in [0.15, 0.2) is 25.0 Å². The van der Waals surface area contributed by atoms with Crippen molar-refractivity contribution in [2.45, 2.75) is 19.3 Å². The first-order valence-corrected chi connectivity index (χ1v) is 7.52. The minimum absolute atomic E-state index is 0.124. The molecule has 1 amide bonds. The second-order valence-corrected chi connectivity index (χ2v) is 6.14. The third kappa shape index (κ3) is 3.44. The molecule has 1 aromatic heterocycles. The highest BCUT2D eigenvalue weighted by atomic mass is 16.3. The summed E-state index contributed by atoms with van der Waals surface area (Å²) < 4.78 is 0. The zero-order chi connectivity index (χ0) is 16.2. The Kier molecular flexibility index (Phi) is 5.13. The number of anilines is 1. The van der Waals surface area contributed by atoms with Gasteiger partial charge in [-0.1, -0.05) is 6.08 Å². The minimum Gasteiger partial charge on any atom is -0.396 e. The number of nitrogens with zero attached hydrogens (tertiary/aromatic N) is 4. The number of aliphatic hydroxyl groups excluding tert-OH is 1. The summed E-state index contributed by atoms with van der Waals surface area (Å²) in [6.07, 6.45) is 7.73. The molecule has 2 rings (SSSR count). The second kappa shape index (κ2) is 6.87. The van der Waals surface area contributed by atoms with E-state index in [1.165, 1.54) is 11.1 Å². The van der Waals surface area contributed by atoms with E-state index in [0.717, 1.165) is 25.8 Å². The summed E-state index contributed by atoms with van der Waals surface area (Å²) in [6.45, 7) is 5.47. The van der Waals surface area contributed by atoms with E-state index in [2.05, 4.69) is 21.4 Å². The first-order valence-electron chi connectivity index (χ1n) is 7.52. The molecule has 1 aliphatic rings. The molecule has 6 nitrogen and oxygen atoms in total. The van der Waals surface area contributed by atoms with E-state index in [-0.39, 0.29) is 17.9 Å². The summed E-state index contributed by atoms with van der Waals surface area (Å²) >= 11 is 0. The number of rotatable bonds is 5. The van der Waals surface area contributed by atoms with Crippen molar-refractivity contribution in [1.29, 1.82) is 0 Å². The summed E-state index contributed by atoms with van der Waals surface area (Å²) in [5.74, 6) is 0.528. The molecule has 120 valence electrons. The van der Waals surface area contributed by atoms with Crippen LogP contribution in [-0.2, 0) is 0 Å². The number of carbonyl (C=O) groups excluding carboxylic acids is 1. The van der Waals surface area contributed by atoms with Gasteiger partial charge < -0.3 is 14.9 Å². The van der Waals surface area contributed by atoms with Gasteiger partial charge >= 0.3 is 0 Å². The number of hydrogen-bond acceptors (Lipinski definition) is 5. The summed E-state index contributed by atoms with van der Waals surface area (Å²) in [5, 5.41) is 9.78. The molecule has 0 spiro atoms. The van der Waals surface area contributed by atoms with E-state index in [9.17, 15) is 9.90 Å². The van der Waals surface area contributed by atoms with Crippen molar-refractivity contribution in [2.24, 2.45) is 5.41 Å². The van der Waals surface area contributed by atoms with Crippen molar-refractivity contribution in [3.8, 4) is 0 Å². The van der Waals surface area contributed by atoms with Gasteiger partial charge in [0, 0.05) is 32.6 Å². The summed E-state index contributed by atoms with van der Waals surface area (Å²) in [6, 6.07) is 0. The lowest BCUT2D eigenvalue weighted by Gasteiger charge is -2.41. The highest BCUT2D eigenvalue weighted by Gasteiger charge is 2.34. The Bertz CT molecular complexity index is 547. The molecule has 1 N–H and O–H groups in total. The molecular weight excluding hydrogens is 280 g/mol. The Morgan fingerprint density at radius 1 is 1.55 bits per heavy atom. The van der Waals surface area contributed by atoms with Gasteiger partial charge in [-0.3, -0.25) is 9.78 Å². The molecule has 0 unspecified atom stereocenters. The highest BCUT2D eigenvalue weighted by molar-refractivity contribution is 5.91. The molecule has 0 radical (unpaired) electrons. The molecular formula is C16H24N4O2. The van der Waals surface area contributed by atoms with Crippen LogP contribution in [0.4, 0.5) is 5.82 Å². The van der Waals surface area contributed by atoms with Gasteiger partial charge in [0.05, 0.1) is 19.0 Å². The smallest absolute Gasteiger partial charge is 0.273 e. The lowest BCUT2D eigenvalue weighted by atomic mass is 9.78. The maximum Gasteiger partial charge on any atom is 0.273 e. The lowest BCUT2D eigenvalue weighted by molar-refractivity contribution is 0.0821. The van der Waals surface area contributed by atoms with Crippen LogP contribution in [0.25, 0.3) is 0 Å². The molecule has 1 atom stereocenters. The number of aromatic nitrogens is 2. The normalized spacial score (nSPS) is 21.5. The first-order chi connectivity index (χ1) is 10.5. The molecule has 1 saturated heterocycles. The van der Waals surface area contributed by atoms with E-state index < -0.39 is 0 Å². The fourth-order valence-corrected chi connectivity index (χ4v) is 2.91. The maximum absolute atomic E-state index is 12.0. The van der Waals surface area contributed by atoms with Gasteiger partial charge in [-0.15, -0.1) is 6.58 Å². The highest BCUT2D eigenvalue weighted by Crippen LogP contribution is 2.34. The molecule has 6 heteroatoms. The van der Waals surface area contributed by atoms with Gasteiger partial charge in [0.1, 0.15) is 11.5 Å². The van der Waals surface area contributed by atoms with Crippen molar-refractivity contribution in [2.75, 3.05) is 38.7 Å². The number of piperidine rings is 1. The number of aliphatic hydroxyl groups is 1. The van der Waals surface area contributed by atoms with E-state index in [0.29, 0.717) is 18.1 Å². The topological polar surface area (TPSA) is 69.6 Å². The molecule has 0 aromatic carbocycles. The van der Waals surface area contributed by atoms with Gasteiger partial charge in [-0.05, 0) is 19.3 Å². The van der Waals surface area contributed by atoms with E-state index in [1.54, 1.807) is 20.3 Å². The van der Waals surface area contributed by atoms with Gasteiger partial charge in [0.2, 0.25) is 0 Å².